The number of nitrogens with one attached hydrogen (secondary N) is 2. The molecular formula is C9H17ClN2O2. The van der Waals surface area contributed by atoms with Gasteiger partial charge in [0, 0.05) is 12.8 Å². The van der Waals surface area contributed by atoms with Gasteiger partial charge in [-0.15, -0.1) is 12.4 Å². The molecule has 0 aliphatic carbocycles. The Morgan fingerprint density at radius 3 is 2.29 bits per heavy atom. The first-order valence-electron chi connectivity index (χ1n) is 4.78. The van der Waals surface area contributed by atoms with Crippen molar-refractivity contribution in [1.29, 1.82) is 0 Å². The summed E-state index contributed by atoms with van der Waals surface area (Å²) in [5.41, 5.74) is -1.04. The van der Waals surface area contributed by atoms with Gasteiger partial charge in [-0.3, -0.25) is 4.79 Å². The minimum atomic E-state index is -0.655. The van der Waals surface area contributed by atoms with Crippen LogP contribution in [0.15, 0.2) is 0 Å². The molecule has 0 atom stereocenters. The van der Waals surface area contributed by atoms with Gasteiger partial charge in [0.15, 0.2) is 0 Å². The topological polar surface area (TPSA) is 50.4 Å². The molecule has 82 valence electrons. The van der Waals surface area contributed by atoms with Crippen LogP contribution in [0.25, 0.3) is 0 Å². The molecule has 0 aromatic heterocycles. The fourth-order valence-electron chi connectivity index (χ4n) is 1.98. The Hall–Kier alpha value is -0.320. The third-order valence-corrected chi connectivity index (χ3v) is 2.75. The van der Waals surface area contributed by atoms with Crippen molar-refractivity contribution in [3.63, 3.8) is 0 Å². The summed E-state index contributed by atoms with van der Waals surface area (Å²) < 4.78 is 5.79. The molecule has 0 radical (unpaired) electrons. The first-order chi connectivity index (χ1) is 6.04. The zero-order valence-electron chi connectivity index (χ0n) is 8.55. The molecule has 2 N–H and O–H groups in total. The maximum Gasteiger partial charge on any atom is 0.253 e. The average molecular weight is 221 g/mol. The van der Waals surface area contributed by atoms with E-state index in [2.05, 4.69) is 10.6 Å². The summed E-state index contributed by atoms with van der Waals surface area (Å²) in [6.07, 6.45) is 1.73. The van der Waals surface area contributed by atoms with Gasteiger partial charge in [0.25, 0.3) is 5.91 Å². The van der Waals surface area contributed by atoms with Crippen LogP contribution in [0.1, 0.15) is 26.7 Å². The maximum atomic E-state index is 11.5. The van der Waals surface area contributed by atoms with Gasteiger partial charge in [0.05, 0.1) is 0 Å². The Labute approximate surface area is 90.2 Å². The lowest BCUT2D eigenvalue weighted by Gasteiger charge is -2.33. The third-order valence-electron chi connectivity index (χ3n) is 2.75. The Kier molecular flexibility index (Phi) is 3.09. The molecule has 0 aromatic carbocycles. The van der Waals surface area contributed by atoms with Gasteiger partial charge in [-0.1, -0.05) is 0 Å². The number of rotatable bonds is 0. The zero-order chi connectivity index (χ0) is 9.53. The van der Waals surface area contributed by atoms with Crippen LogP contribution < -0.4 is 10.6 Å². The second-order valence-electron chi connectivity index (χ2n) is 4.31. The van der Waals surface area contributed by atoms with Crippen LogP contribution in [0.4, 0.5) is 0 Å². The number of hydrogen-bond acceptors (Lipinski definition) is 3. The van der Waals surface area contributed by atoms with Crippen LogP contribution in [0.2, 0.25) is 0 Å². The van der Waals surface area contributed by atoms with E-state index in [1.807, 2.05) is 13.8 Å². The lowest BCUT2D eigenvalue weighted by molar-refractivity contribution is -0.136. The van der Waals surface area contributed by atoms with Gasteiger partial charge in [-0.25, -0.2) is 0 Å². The molecule has 2 rings (SSSR count). The van der Waals surface area contributed by atoms with Crippen LogP contribution in [0, 0.1) is 0 Å². The van der Waals surface area contributed by atoms with Crippen molar-refractivity contribution in [1.82, 2.24) is 10.6 Å². The predicted molar refractivity (Wildman–Crippen MR) is 55.4 cm³/mol. The van der Waals surface area contributed by atoms with E-state index in [1.54, 1.807) is 0 Å². The number of ether oxygens (including phenoxy) is 1. The molecule has 0 unspecified atom stereocenters. The molecule has 1 amide bonds. The Morgan fingerprint density at radius 1 is 1.29 bits per heavy atom. The monoisotopic (exact) mass is 220 g/mol. The number of piperidine rings is 1. The molecule has 0 aromatic rings. The number of carbonyl (C=O) groups is 1. The lowest BCUT2D eigenvalue weighted by Crippen LogP contribution is -2.50. The zero-order valence-corrected chi connectivity index (χ0v) is 9.37. The standard InChI is InChI=1S/C9H16N2O2.ClH/c1-8(2)7(12)11-9(13-8)3-5-10-6-4-9;/h10H,3-6H2,1-2H3,(H,11,12);1H. The quantitative estimate of drug-likeness (QED) is 0.622. The second kappa shape index (κ2) is 3.68. The highest BCUT2D eigenvalue weighted by molar-refractivity contribution is 5.86. The minimum Gasteiger partial charge on any atom is -0.340 e. The van der Waals surface area contributed by atoms with Crippen LogP contribution >= 0.6 is 12.4 Å². The van der Waals surface area contributed by atoms with E-state index in [4.69, 9.17) is 4.74 Å². The van der Waals surface area contributed by atoms with Crippen molar-refractivity contribution in [2.24, 2.45) is 0 Å². The molecule has 2 aliphatic rings. The summed E-state index contributed by atoms with van der Waals surface area (Å²) in [4.78, 5) is 11.5. The van der Waals surface area contributed by atoms with Crippen LogP contribution in [0.3, 0.4) is 0 Å². The van der Waals surface area contributed by atoms with E-state index in [0.717, 1.165) is 25.9 Å². The molecule has 14 heavy (non-hydrogen) atoms. The smallest absolute Gasteiger partial charge is 0.253 e. The van der Waals surface area contributed by atoms with Crippen LogP contribution in [-0.4, -0.2) is 30.3 Å². The Balaban J connectivity index is 0.000000980. The molecule has 0 saturated carbocycles. The Bertz CT molecular complexity index is 237. The SMILES string of the molecule is CC1(C)OC2(CCNCC2)NC1=O.Cl. The van der Waals surface area contributed by atoms with Crippen molar-refractivity contribution in [2.45, 2.75) is 38.0 Å². The summed E-state index contributed by atoms with van der Waals surface area (Å²) in [7, 11) is 0. The van der Waals surface area contributed by atoms with E-state index in [-0.39, 0.29) is 24.0 Å². The summed E-state index contributed by atoms with van der Waals surface area (Å²) in [6, 6.07) is 0. The molecule has 2 fully saturated rings. The van der Waals surface area contributed by atoms with Crippen molar-refractivity contribution < 1.29 is 9.53 Å². The summed E-state index contributed by atoms with van der Waals surface area (Å²) in [5, 5.41) is 6.21. The highest BCUT2D eigenvalue weighted by Crippen LogP contribution is 2.32. The van der Waals surface area contributed by atoms with Crippen molar-refractivity contribution >= 4 is 18.3 Å². The maximum absolute atomic E-state index is 11.5. The summed E-state index contributed by atoms with van der Waals surface area (Å²) in [5.74, 6) is 0.00870. The predicted octanol–water partition coefficient (Wildman–Crippen LogP) is 0.413. The second-order valence-corrected chi connectivity index (χ2v) is 4.31. The van der Waals surface area contributed by atoms with E-state index < -0.39 is 5.60 Å². The fourth-order valence-corrected chi connectivity index (χ4v) is 1.98. The highest BCUT2D eigenvalue weighted by atomic mass is 35.5. The fraction of sp³-hybridized carbons (Fsp3) is 0.889. The van der Waals surface area contributed by atoms with Gasteiger partial charge in [0.1, 0.15) is 11.3 Å². The van der Waals surface area contributed by atoms with Crippen LogP contribution in [-0.2, 0) is 9.53 Å². The highest BCUT2D eigenvalue weighted by Gasteiger charge is 2.50. The van der Waals surface area contributed by atoms with Gasteiger partial charge >= 0.3 is 0 Å². The van der Waals surface area contributed by atoms with Gasteiger partial charge in [0.2, 0.25) is 0 Å². The van der Waals surface area contributed by atoms with Crippen molar-refractivity contribution in [3.8, 4) is 0 Å². The largest absolute Gasteiger partial charge is 0.340 e. The van der Waals surface area contributed by atoms with Gasteiger partial charge < -0.3 is 15.4 Å². The van der Waals surface area contributed by atoms with E-state index >= 15 is 0 Å². The van der Waals surface area contributed by atoms with E-state index in [9.17, 15) is 4.79 Å². The normalized spacial score (nSPS) is 28.3. The average Bonchev–Trinajstić information content (AvgIpc) is 2.23. The number of amides is 1. The number of hydrogen-bond donors (Lipinski definition) is 2. The third kappa shape index (κ3) is 1.87. The van der Waals surface area contributed by atoms with Crippen molar-refractivity contribution in [3.05, 3.63) is 0 Å². The summed E-state index contributed by atoms with van der Waals surface area (Å²) in [6.45, 7) is 5.46. The molecule has 5 heteroatoms. The molecule has 1 spiro atoms. The van der Waals surface area contributed by atoms with E-state index in [1.165, 1.54) is 0 Å². The molecule has 2 aliphatic heterocycles. The minimum absolute atomic E-state index is 0. The molecule has 0 bridgehead atoms. The summed E-state index contributed by atoms with van der Waals surface area (Å²) >= 11 is 0. The van der Waals surface area contributed by atoms with E-state index in [0.29, 0.717) is 0 Å². The molecule has 2 heterocycles. The molecular weight excluding hydrogens is 204 g/mol. The first kappa shape index (κ1) is 11.8. The first-order valence-corrected chi connectivity index (χ1v) is 4.78. The number of carbonyl (C=O) groups excluding carboxylic acids is 1. The molecule has 2 saturated heterocycles. The lowest BCUT2D eigenvalue weighted by atomic mass is 10.0. The van der Waals surface area contributed by atoms with Gasteiger partial charge in [-0.05, 0) is 26.9 Å². The van der Waals surface area contributed by atoms with Crippen LogP contribution in [0.5, 0.6) is 0 Å². The number of halogens is 1. The van der Waals surface area contributed by atoms with Crippen molar-refractivity contribution in [2.75, 3.05) is 13.1 Å². The Morgan fingerprint density at radius 2 is 1.86 bits per heavy atom. The van der Waals surface area contributed by atoms with Gasteiger partial charge in [-0.2, -0.15) is 0 Å². The molecule has 4 nitrogen and oxygen atoms in total.